The van der Waals surface area contributed by atoms with Crippen molar-refractivity contribution in [2.24, 2.45) is 11.7 Å². The van der Waals surface area contributed by atoms with E-state index in [-0.39, 0.29) is 17.9 Å². The Bertz CT molecular complexity index is 512. The fourth-order valence-corrected chi connectivity index (χ4v) is 1.88. The first-order valence-electron chi connectivity index (χ1n) is 7.25. The number of aryl methyl sites for hydroxylation is 1. The molecule has 1 rings (SSSR count). The maximum absolute atomic E-state index is 12.0. The lowest BCUT2D eigenvalue weighted by Crippen LogP contribution is -2.37. The van der Waals surface area contributed by atoms with Crippen LogP contribution in [0.4, 0.5) is 5.69 Å². The number of hydrogen-bond donors (Lipinski definition) is 3. The van der Waals surface area contributed by atoms with E-state index < -0.39 is 0 Å². The molecule has 0 aliphatic carbocycles. The van der Waals surface area contributed by atoms with Crippen molar-refractivity contribution in [2.75, 3.05) is 11.9 Å². The van der Waals surface area contributed by atoms with E-state index in [0.717, 1.165) is 11.3 Å². The molecule has 0 fully saturated rings. The zero-order valence-electron chi connectivity index (χ0n) is 13.2. The van der Waals surface area contributed by atoms with E-state index >= 15 is 0 Å². The topological polar surface area (TPSA) is 84.2 Å². The van der Waals surface area contributed by atoms with Gasteiger partial charge in [-0.2, -0.15) is 0 Å². The van der Waals surface area contributed by atoms with Crippen LogP contribution < -0.4 is 16.4 Å². The van der Waals surface area contributed by atoms with Gasteiger partial charge in [0, 0.05) is 30.3 Å². The number of rotatable bonds is 6. The summed E-state index contributed by atoms with van der Waals surface area (Å²) in [6.07, 6.45) is 0.482. The van der Waals surface area contributed by atoms with E-state index in [4.69, 9.17) is 5.73 Å². The molecule has 1 atom stereocenters. The first-order valence-corrected chi connectivity index (χ1v) is 7.25. The quantitative estimate of drug-likeness (QED) is 0.750. The Labute approximate surface area is 126 Å². The lowest BCUT2D eigenvalue weighted by Gasteiger charge is -2.13. The maximum atomic E-state index is 12.0. The number of nitrogens with two attached hydrogens (primary N) is 1. The van der Waals surface area contributed by atoms with Crippen LogP contribution in [0.25, 0.3) is 0 Å². The second-order valence-electron chi connectivity index (χ2n) is 5.79. The number of nitrogens with one attached hydrogen (secondary N) is 2. The van der Waals surface area contributed by atoms with Gasteiger partial charge in [-0.3, -0.25) is 9.59 Å². The highest BCUT2D eigenvalue weighted by Crippen LogP contribution is 2.17. The molecular formula is C16H25N3O2. The Morgan fingerprint density at radius 1 is 1.24 bits per heavy atom. The predicted octanol–water partition coefficient (Wildman–Crippen LogP) is 2.06. The summed E-state index contributed by atoms with van der Waals surface area (Å²) < 4.78 is 0. The number of amides is 2. The van der Waals surface area contributed by atoms with Gasteiger partial charge in [0.2, 0.25) is 5.91 Å². The lowest BCUT2D eigenvalue weighted by molar-refractivity contribution is -0.116. The summed E-state index contributed by atoms with van der Waals surface area (Å²) in [7, 11) is 0. The van der Waals surface area contributed by atoms with Gasteiger partial charge in [-0.25, -0.2) is 0 Å². The molecule has 2 amide bonds. The van der Waals surface area contributed by atoms with Gasteiger partial charge < -0.3 is 16.4 Å². The molecule has 21 heavy (non-hydrogen) atoms. The Morgan fingerprint density at radius 3 is 2.43 bits per heavy atom. The van der Waals surface area contributed by atoms with Gasteiger partial charge in [-0.05, 0) is 43.5 Å². The zero-order valence-corrected chi connectivity index (χ0v) is 13.2. The van der Waals surface area contributed by atoms with Gasteiger partial charge in [0.1, 0.15) is 0 Å². The molecule has 4 N–H and O–H groups in total. The first-order chi connectivity index (χ1) is 9.83. The third kappa shape index (κ3) is 5.55. The molecule has 0 bridgehead atoms. The molecular weight excluding hydrogens is 266 g/mol. The first kappa shape index (κ1) is 17.2. The van der Waals surface area contributed by atoms with Crippen LogP contribution in [0, 0.1) is 12.8 Å². The van der Waals surface area contributed by atoms with Crippen LogP contribution in [0.1, 0.15) is 43.1 Å². The van der Waals surface area contributed by atoms with E-state index in [2.05, 4.69) is 10.6 Å². The molecule has 5 heteroatoms. The Balaban J connectivity index is 2.76. The number of benzene rings is 1. The van der Waals surface area contributed by atoms with Gasteiger partial charge in [-0.1, -0.05) is 13.8 Å². The predicted molar refractivity (Wildman–Crippen MR) is 85.2 cm³/mol. The molecule has 0 radical (unpaired) electrons. The van der Waals surface area contributed by atoms with Crippen LogP contribution in [0.3, 0.4) is 0 Å². The zero-order chi connectivity index (χ0) is 16.0. The van der Waals surface area contributed by atoms with Crippen molar-refractivity contribution >= 4 is 17.5 Å². The minimum atomic E-state index is -0.156. The lowest BCUT2D eigenvalue weighted by atomic mass is 10.1. The van der Waals surface area contributed by atoms with Crippen LogP contribution in [0.5, 0.6) is 0 Å². The molecule has 0 saturated carbocycles. The smallest absolute Gasteiger partial charge is 0.251 e. The molecule has 0 aliphatic heterocycles. The summed E-state index contributed by atoms with van der Waals surface area (Å²) in [6.45, 7) is 8.12. The van der Waals surface area contributed by atoms with Gasteiger partial charge in [-0.15, -0.1) is 0 Å². The SMILES string of the molecule is Cc1cc(C(=O)N[C@@H](C)CN)ccc1NC(=O)CC(C)C. The molecule has 1 aromatic rings. The average Bonchev–Trinajstić information content (AvgIpc) is 2.39. The highest BCUT2D eigenvalue weighted by molar-refractivity contribution is 5.96. The van der Waals surface area contributed by atoms with Crippen molar-refractivity contribution in [1.29, 1.82) is 0 Å². The minimum absolute atomic E-state index is 0.0120. The maximum Gasteiger partial charge on any atom is 0.251 e. The largest absolute Gasteiger partial charge is 0.348 e. The third-order valence-corrected chi connectivity index (χ3v) is 3.09. The molecule has 5 nitrogen and oxygen atoms in total. The summed E-state index contributed by atoms with van der Waals surface area (Å²) in [6, 6.07) is 5.17. The van der Waals surface area contributed by atoms with Crippen LogP contribution in [0.2, 0.25) is 0 Å². The van der Waals surface area contributed by atoms with Crippen molar-refractivity contribution in [1.82, 2.24) is 5.32 Å². The van der Waals surface area contributed by atoms with Crippen molar-refractivity contribution in [3.8, 4) is 0 Å². The minimum Gasteiger partial charge on any atom is -0.348 e. The summed E-state index contributed by atoms with van der Waals surface area (Å²) in [5, 5.41) is 5.68. The molecule has 0 saturated heterocycles. The van der Waals surface area contributed by atoms with Crippen LogP contribution in [-0.2, 0) is 4.79 Å². The van der Waals surface area contributed by atoms with Gasteiger partial charge in [0.15, 0.2) is 0 Å². The van der Waals surface area contributed by atoms with Crippen molar-refractivity contribution in [3.63, 3.8) is 0 Å². The number of carbonyl (C=O) groups excluding carboxylic acids is 2. The van der Waals surface area contributed by atoms with Crippen LogP contribution in [0.15, 0.2) is 18.2 Å². The summed E-state index contributed by atoms with van der Waals surface area (Å²) in [4.78, 5) is 23.8. The van der Waals surface area contributed by atoms with Crippen LogP contribution >= 0.6 is 0 Å². The molecule has 0 aromatic heterocycles. The summed E-state index contributed by atoms with van der Waals surface area (Å²) in [5.74, 6) is 0.145. The summed E-state index contributed by atoms with van der Waals surface area (Å²) in [5.41, 5.74) is 7.65. The van der Waals surface area contributed by atoms with E-state index in [0.29, 0.717) is 24.4 Å². The van der Waals surface area contributed by atoms with Gasteiger partial charge in [0.05, 0.1) is 0 Å². The fourth-order valence-electron chi connectivity index (χ4n) is 1.88. The van der Waals surface area contributed by atoms with E-state index in [1.807, 2.05) is 27.7 Å². The van der Waals surface area contributed by atoms with Crippen molar-refractivity contribution in [2.45, 2.75) is 40.2 Å². The standard InChI is InChI=1S/C16H25N3O2/c1-10(2)7-15(20)19-14-6-5-13(8-11(14)3)16(21)18-12(4)9-17/h5-6,8,10,12H,7,9,17H2,1-4H3,(H,18,21)(H,19,20)/t12-/m0/s1. The normalized spacial score (nSPS) is 12.1. The molecule has 0 heterocycles. The summed E-state index contributed by atoms with van der Waals surface area (Å²) >= 11 is 0. The highest BCUT2D eigenvalue weighted by Gasteiger charge is 2.11. The number of hydrogen-bond acceptors (Lipinski definition) is 3. The molecule has 0 unspecified atom stereocenters. The monoisotopic (exact) mass is 291 g/mol. The van der Waals surface area contributed by atoms with Gasteiger partial charge >= 0.3 is 0 Å². The van der Waals surface area contributed by atoms with E-state index in [9.17, 15) is 9.59 Å². The average molecular weight is 291 g/mol. The van der Waals surface area contributed by atoms with Crippen LogP contribution in [-0.4, -0.2) is 24.4 Å². The molecule has 116 valence electrons. The number of anilines is 1. The second-order valence-corrected chi connectivity index (χ2v) is 5.79. The fraction of sp³-hybridized carbons (Fsp3) is 0.500. The molecule has 0 spiro atoms. The van der Waals surface area contributed by atoms with E-state index in [1.54, 1.807) is 18.2 Å². The van der Waals surface area contributed by atoms with Gasteiger partial charge in [0.25, 0.3) is 5.91 Å². The Hall–Kier alpha value is -1.88. The van der Waals surface area contributed by atoms with Crippen molar-refractivity contribution < 1.29 is 9.59 Å². The highest BCUT2D eigenvalue weighted by atomic mass is 16.2. The third-order valence-electron chi connectivity index (χ3n) is 3.09. The Morgan fingerprint density at radius 2 is 1.90 bits per heavy atom. The number of carbonyl (C=O) groups is 2. The second kappa shape index (κ2) is 7.78. The Kier molecular flexibility index (Phi) is 6.37. The van der Waals surface area contributed by atoms with Crippen molar-refractivity contribution in [3.05, 3.63) is 29.3 Å². The van der Waals surface area contributed by atoms with E-state index in [1.165, 1.54) is 0 Å². The molecule has 1 aromatic carbocycles. The molecule has 0 aliphatic rings.